The quantitative estimate of drug-likeness (QED) is 0.835. The van der Waals surface area contributed by atoms with Crippen molar-refractivity contribution in [1.82, 2.24) is 14.8 Å². The molecule has 1 atom stereocenters. The van der Waals surface area contributed by atoms with Crippen LogP contribution in [0.25, 0.3) is 0 Å². The fourth-order valence-electron chi connectivity index (χ4n) is 1.92. The molecule has 128 valence electrons. The van der Waals surface area contributed by atoms with Crippen molar-refractivity contribution in [1.29, 1.82) is 0 Å². The first-order valence-electron chi connectivity index (χ1n) is 7.72. The minimum atomic E-state index is -0.585. The normalized spacial score (nSPS) is 12.4. The van der Waals surface area contributed by atoms with Crippen LogP contribution in [-0.2, 0) is 16.0 Å². The molecule has 1 aromatic heterocycles. The summed E-state index contributed by atoms with van der Waals surface area (Å²) in [6.45, 7) is 7.63. The Bertz CT molecular complexity index is 526. The number of nitrogens with zero attached hydrogens (tertiary/aromatic N) is 3. The highest BCUT2D eigenvalue weighted by Crippen LogP contribution is 2.11. The van der Waals surface area contributed by atoms with Crippen LogP contribution in [0.4, 0.5) is 4.79 Å². The molecule has 0 aliphatic carbocycles. The Morgan fingerprint density at radius 1 is 1.26 bits per heavy atom. The first kappa shape index (κ1) is 18.9. The second-order valence-electron chi connectivity index (χ2n) is 6.60. The van der Waals surface area contributed by atoms with Gasteiger partial charge in [-0.15, -0.1) is 0 Å². The van der Waals surface area contributed by atoms with Gasteiger partial charge < -0.3 is 9.64 Å². The summed E-state index contributed by atoms with van der Waals surface area (Å²) < 4.78 is 5.29. The van der Waals surface area contributed by atoms with Gasteiger partial charge in [0.2, 0.25) is 5.91 Å². The predicted octanol–water partition coefficient (Wildman–Crippen LogP) is 2.34. The summed E-state index contributed by atoms with van der Waals surface area (Å²) >= 11 is 0. The highest BCUT2D eigenvalue weighted by atomic mass is 16.6. The minimum Gasteiger partial charge on any atom is -0.444 e. The summed E-state index contributed by atoms with van der Waals surface area (Å²) in [5.74, 6) is -0.130. The first-order chi connectivity index (χ1) is 10.6. The van der Waals surface area contributed by atoms with Gasteiger partial charge in [0.25, 0.3) is 0 Å². The van der Waals surface area contributed by atoms with E-state index in [1.54, 1.807) is 52.9 Å². The molecule has 23 heavy (non-hydrogen) atoms. The van der Waals surface area contributed by atoms with E-state index >= 15 is 0 Å². The zero-order chi connectivity index (χ0) is 17.6. The third-order valence-electron chi connectivity index (χ3n) is 3.43. The number of aromatic nitrogens is 1. The van der Waals surface area contributed by atoms with Crippen molar-refractivity contribution in [2.45, 2.75) is 45.8 Å². The molecule has 2 amide bonds. The summed E-state index contributed by atoms with van der Waals surface area (Å²) in [6.07, 6.45) is 1.90. The van der Waals surface area contributed by atoms with E-state index in [1.165, 1.54) is 4.90 Å². The van der Waals surface area contributed by atoms with Gasteiger partial charge in [0, 0.05) is 39.0 Å². The van der Waals surface area contributed by atoms with Crippen LogP contribution in [0, 0.1) is 0 Å². The van der Waals surface area contributed by atoms with Gasteiger partial charge in [-0.3, -0.25) is 14.7 Å². The molecule has 0 bridgehead atoms. The molecule has 0 saturated carbocycles. The SMILES string of the molecule is CC(C(=O)N(C)CCc1ccccn1)N(C)C(=O)OC(C)(C)C. The number of amides is 2. The maximum absolute atomic E-state index is 12.4. The summed E-state index contributed by atoms with van der Waals surface area (Å²) in [6, 6.07) is 5.12. The van der Waals surface area contributed by atoms with Crippen molar-refractivity contribution >= 4 is 12.0 Å². The van der Waals surface area contributed by atoms with Crippen molar-refractivity contribution in [3.63, 3.8) is 0 Å². The fourth-order valence-corrected chi connectivity index (χ4v) is 1.92. The molecule has 0 aromatic carbocycles. The Morgan fingerprint density at radius 3 is 2.43 bits per heavy atom. The lowest BCUT2D eigenvalue weighted by atomic mass is 10.2. The number of hydrogen-bond donors (Lipinski definition) is 0. The lowest BCUT2D eigenvalue weighted by Gasteiger charge is -2.30. The Kier molecular flexibility index (Phi) is 6.54. The Hall–Kier alpha value is -2.11. The van der Waals surface area contributed by atoms with Crippen LogP contribution >= 0.6 is 0 Å². The first-order valence-corrected chi connectivity index (χ1v) is 7.72. The molecule has 0 fully saturated rings. The van der Waals surface area contributed by atoms with Gasteiger partial charge >= 0.3 is 6.09 Å². The van der Waals surface area contributed by atoms with Gasteiger partial charge in [0.1, 0.15) is 11.6 Å². The summed E-state index contributed by atoms with van der Waals surface area (Å²) in [5.41, 5.74) is 0.346. The van der Waals surface area contributed by atoms with Crippen molar-refractivity contribution < 1.29 is 14.3 Å². The zero-order valence-corrected chi connectivity index (χ0v) is 14.9. The standard InChI is InChI=1S/C17H27N3O3/c1-13(20(6)16(22)23-17(2,3)4)15(21)19(5)12-10-14-9-7-8-11-18-14/h7-9,11,13H,10,12H2,1-6H3. The smallest absolute Gasteiger partial charge is 0.410 e. The van der Waals surface area contributed by atoms with Crippen molar-refractivity contribution in [2.24, 2.45) is 0 Å². The third kappa shape index (κ3) is 6.26. The molecule has 0 spiro atoms. The van der Waals surface area contributed by atoms with Gasteiger partial charge in [-0.1, -0.05) is 6.07 Å². The highest BCUT2D eigenvalue weighted by Gasteiger charge is 2.28. The van der Waals surface area contributed by atoms with Crippen LogP contribution in [0.15, 0.2) is 24.4 Å². The van der Waals surface area contributed by atoms with Gasteiger partial charge in [-0.2, -0.15) is 0 Å². The van der Waals surface area contributed by atoms with E-state index in [0.29, 0.717) is 13.0 Å². The van der Waals surface area contributed by atoms with Gasteiger partial charge in [0.05, 0.1) is 0 Å². The van der Waals surface area contributed by atoms with Crippen LogP contribution < -0.4 is 0 Å². The lowest BCUT2D eigenvalue weighted by Crippen LogP contribution is -2.48. The maximum Gasteiger partial charge on any atom is 0.410 e. The van der Waals surface area contributed by atoms with Gasteiger partial charge in [-0.25, -0.2) is 4.79 Å². The number of rotatable bonds is 5. The molecule has 1 aromatic rings. The molecule has 0 aliphatic rings. The van der Waals surface area contributed by atoms with Gasteiger partial charge in [-0.05, 0) is 39.8 Å². The topological polar surface area (TPSA) is 62.7 Å². The fraction of sp³-hybridized carbons (Fsp3) is 0.588. The van der Waals surface area contributed by atoms with E-state index in [2.05, 4.69) is 4.98 Å². The van der Waals surface area contributed by atoms with Crippen molar-refractivity contribution in [3.8, 4) is 0 Å². The third-order valence-corrected chi connectivity index (χ3v) is 3.43. The number of carbonyl (C=O) groups excluding carboxylic acids is 2. The Labute approximate surface area is 138 Å². The number of ether oxygens (including phenoxy) is 1. The van der Waals surface area contributed by atoms with Crippen LogP contribution in [0.2, 0.25) is 0 Å². The molecule has 1 rings (SSSR count). The summed E-state index contributed by atoms with van der Waals surface area (Å²) in [5, 5.41) is 0. The van der Waals surface area contributed by atoms with Crippen LogP contribution in [0.5, 0.6) is 0 Å². The van der Waals surface area contributed by atoms with Crippen LogP contribution in [0.1, 0.15) is 33.4 Å². The molecule has 0 saturated heterocycles. The molecule has 6 nitrogen and oxygen atoms in total. The number of pyridine rings is 1. The number of likely N-dealkylation sites (N-methyl/N-ethyl adjacent to an activating group) is 2. The molecule has 0 radical (unpaired) electrons. The second kappa shape index (κ2) is 7.94. The molecule has 1 unspecified atom stereocenters. The number of carbonyl (C=O) groups is 2. The Balaban J connectivity index is 2.55. The van der Waals surface area contributed by atoms with E-state index in [9.17, 15) is 9.59 Å². The minimum absolute atomic E-state index is 0.130. The molecule has 1 heterocycles. The number of hydrogen-bond acceptors (Lipinski definition) is 4. The Morgan fingerprint density at radius 2 is 1.91 bits per heavy atom. The van der Waals surface area contributed by atoms with E-state index in [0.717, 1.165) is 5.69 Å². The summed E-state index contributed by atoms with van der Waals surface area (Å²) in [7, 11) is 3.30. The lowest BCUT2D eigenvalue weighted by molar-refractivity contribution is -0.134. The van der Waals surface area contributed by atoms with Crippen LogP contribution in [-0.4, -0.2) is 59.1 Å². The largest absolute Gasteiger partial charge is 0.444 e. The predicted molar refractivity (Wildman–Crippen MR) is 89.0 cm³/mol. The molecular weight excluding hydrogens is 294 g/mol. The highest BCUT2D eigenvalue weighted by molar-refractivity contribution is 5.85. The van der Waals surface area contributed by atoms with Crippen LogP contribution in [0.3, 0.4) is 0 Å². The summed E-state index contributed by atoms with van der Waals surface area (Å²) in [4.78, 5) is 31.6. The van der Waals surface area contributed by atoms with Gasteiger partial charge in [0.15, 0.2) is 0 Å². The molecule has 0 N–H and O–H groups in total. The maximum atomic E-state index is 12.4. The second-order valence-corrected chi connectivity index (χ2v) is 6.60. The van der Waals surface area contributed by atoms with E-state index in [-0.39, 0.29) is 5.91 Å². The van der Waals surface area contributed by atoms with E-state index in [4.69, 9.17) is 4.74 Å². The average Bonchev–Trinajstić information content (AvgIpc) is 2.49. The molecular formula is C17H27N3O3. The molecule has 0 aliphatic heterocycles. The monoisotopic (exact) mass is 321 g/mol. The van der Waals surface area contributed by atoms with E-state index in [1.807, 2.05) is 18.2 Å². The average molecular weight is 321 g/mol. The van der Waals surface area contributed by atoms with E-state index < -0.39 is 17.7 Å². The van der Waals surface area contributed by atoms with Crippen molar-refractivity contribution in [3.05, 3.63) is 30.1 Å². The molecule has 6 heteroatoms. The van der Waals surface area contributed by atoms with Crippen molar-refractivity contribution in [2.75, 3.05) is 20.6 Å². The zero-order valence-electron chi connectivity index (χ0n) is 14.9.